The first-order chi connectivity index (χ1) is 8.45. The summed E-state index contributed by atoms with van der Waals surface area (Å²) in [5, 5.41) is 18.3. The van der Waals surface area contributed by atoms with Crippen LogP contribution in [0.25, 0.3) is 0 Å². The van der Waals surface area contributed by atoms with Crippen LogP contribution in [0.1, 0.15) is 6.23 Å². The molecule has 7 nitrogen and oxygen atoms in total. The van der Waals surface area contributed by atoms with Gasteiger partial charge in [0.1, 0.15) is 12.2 Å². The van der Waals surface area contributed by atoms with Crippen molar-refractivity contribution in [1.29, 1.82) is 0 Å². The first-order valence-corrected chi connectivity index (χ1v) is 6.13. The molecule has 1 aromatic rings. The van der Waals surface area contributed by atoms with Crippen LogP contribution in [-0.2, 0) is 4.74 Å². The normalized spacial score (nSPS) is 31.8. The van der Waals surface area contributed by atoms with Gasteiger partial charge in [-0.3, -0.25) is 14.3 Å². The number of H-pyrrole nitrogens is 1. The van der Waals surface area contributed by atoms with Crippen molar-refractivity contribution in [1.82, 2.24) is 9.55 Å². The fourth-order valence-corrected chi connectivity index (χ4v) is 2.16. The van der Waals surface area contributed by atoms with E-state index in [4.69, 9.17) is 9.84 Å². The number of halogens is 2. The van der Waals surface area contributed by atoms with Crippen LogP contribution in [0, 0.1) is 3.57 Å². The standard InChI is InChI=1S/C9H10FIN2O5/c10-5-6(15)4(2-14)18-8(5)13-1-3(11)7(16)12-9(13)17/h1,4-6,8,14-15H,2H2,(H,12,16,17)/t4-,5-,6-,8-/m1/s1/i11-2. The Hall–Kier alpha value is -0.780. The summed E-state index contributed by atoms with van der Waals surface area (Å²) in [7, 11) is 0. The molecule has 0 aliphatic carbocycles. The number of rotatable bonds is 2. The first kappa shape index (κ1) is 13.6. The van der Waals surface area contributed by atoms with Crippen LogP contribution in [0.3, 0.4) is 0 Å². The van der Waals surface area contributed by atoms with Gasteiger partial charge in [-0.2, -0.15) is 0 Å². The van der Waals surface area contributed by atoms with Crippen LogP contribution < -0.4 is 11.2 Å². The highest BCUT2D eigenvalue weighted by Crippen LogP contribution is 2.30. The van der Waals surface area contributed by atoms with E-state index in [0.717, 1.165) is 10.8 Å². The molecule has 0 aromatic carbocycles. The molecule has 2 heterocycles. The molecule has 9 heteroatoms. The van der Waals surface area contributed by atoms with E-state index in [0.29, 0.717) is 0 Å². The van der Waals surface area contributed by atoms with Crippen LogP contribution in [-0.4, -0.2) is 44.8 Å². The Balaban J connectivity index is 2.42. The highest BCUT2D eigenvalue weighted by atomic mass is 125. The molecule has 0 saturated carbocycles. The summed E-state index contributed by atoms with van der Waals surface area (Å²) in [5.74, 6) is 0. The fourth-order valence-electron chi connectivity index (χ4n) is 1.73. The fraction of sp³-hybridized carbons (Fsp3) is 0.556. The van der Waals surface area contributed by atoms with E-state index in [2.05, 4.69) is 0 Å². The van der Waals surface area contributed by atoms with Gasteiger partial charge in [-0.15, -0.1) is 0 Å². The lowest BCUT2D eigenvalue weighted by atomic mass is 10.1. The third-order valence-electron chi connectivity index (χ3n) is 2.67. The summed E-state index contributed by atoms with van der Waals surface area (Å²) in [5.41, 5.74) is -1.41. The minimum Gasteiger partial charge on any atom is -0.394 e. The predicted molar refractivity (Wildman–Crippen MR) is 65.9 cm³/mol. The van der Waals surface area contributed by atoms with Crippen molar-refractivity contribution >= 4 is 22.6 Å². The number of ether oxygens (including phenoxy) is 1. The number of hydrogen-bond acceptors (Lipinski definition) is 5. The lowest BCUT2D eigenvalue weighted by Gasteiger charge is -2.15. The molecule has 4 atom stereocenters. The lowest BCUT2D eigenvalue weighted by molar-refractivity contribution is -0.0492. The Bertz CT molecular complexity index is 559. The van der Waals surface area contributed by atoms with E-state index in [9.17, 15) is 19.1 Å². The summed E-state index contributed by atoms with van der Waals surface area (Å²) in [6.07, 6.45) is -4.69. The van der Waals surface area contributed by atoms with Gasteiger partial charge in [0.15, 0.2) is 12.4 Å². The zero-order chi connectivity index (χ0) is 13.4. The van der Waals surface area contributed by atoms with Gasteiger partial charge in [-0.25, -0.2) is 9.18 Å². The van der Waals surface area contributed by atoms with Crippen molar-refractivity contribution in [3.8, 4) is 0 Å². The lowest BCUT2D eigenvalue weighted by Crippen LogP contribution is -2.37. The Kier molecular flexibility index (Phi) is 3.84. The van der Waals surface area contributed by atoms with Crippen LogP contribution in [0.5, 0.6) is 0 Å². The molecule has 3 N–H and O–H groups in total. The van der Waals surface area contributed by atoms with Crippen molar-refractivity contribution in [2.75, 3.05) is 6.61 Å². The Labute approximate surface area is 113 Å². The van der Waals surface area contributed by atoms with Crippen LogP contribution >= 0.6 is 22.6 Å². The summed E-state index contributed by atoms with van der Waals surface area (Å²) in [6, 6.07) is 0. The van der Waals surface area contributed by atoms with E-state index < -0.39 is 42.5 Å². The van der Waals surface area contributed by atoms with Gasteiger partial charge in [-0.1, -0.05) is 0 Å². The Morgan fingerprint density at radius 3 is 2.78 bits per heavy atom. The molecule has 1 aliphatic rings. The number of hydrogen-bond donors (Lipinski definition) is 3. The van der Waals surface area contributed by atoms with Crippen LogP contribution in [0.2, 0.25) is 0 Å². The largest absolute Gasteiger partial charge is 0.394 e. The highest BCUT2D eigenvalue weighted by Gasteiger charge is 2.45. The maximum absolute atomic E-state index is 13.8. The molecule has 1 aliphatic heterocycles. The monoisotopic (exact) mass is 370 g/mol. The zero-order valence-corrected chi connectivity index (χ0v) is 11.1. The number of aromatic amines is 1. The minimum absolute atomic E-state index is 0.185. The first-order valence-electron chi connectivity index (χ1n) is 5.05. The zero-order valence-electron chi connectivity index (χ0n) is 8.92. The molecule has 0 spiro atoms. The van der Waals surface area contributed by atoms with Gasteiger partial charge in [-0.05, 0) is 22.6 Å². The second-order valence-corrected chi connectivity index (χ2v) is 4.99. The molecule has 1 fully saturated rings. The van der Waals surface area contributed by atoms with Crippen molar-refractivity contribution < 1.29 is 19.3 Å². The van der Waals surface area contributed by atoms with E-state index in [1.807, 2.05) is 4.98 Å². The number of aromatic nitrogens is 2. The molecular formula is C9H10FIN2O5. The third-order valence-corrected chi connectivity index (χ3v) is 3.44. The maximum atomic E-state index is 13.8. The minimum atomic E-state index is -1.86. The molecule has 0 radical (unpaired) electrons. The second-order valence-electron chi connectivity index (χ2n) is 3.83. The van der Waals surface area contributed by atoms with Crippen LogP contribution in [0.4, 0.5) is 4.39 Å². The summed E-state index contributed by atoms with van der Waals surface area (Å²) >= 11 is 1.69. The van der Waals surface area contributed by atoms with Crippen molar-refractivity contribution in [3.63, 3.8) is 0 Å². The summed E-state index contributed by atoms with van der Waals surface area (Å²) in [4.78, 5) is 24.7. The summed E-state index contributed by atoms with van der Waals surface area (Å²) in [6.45, 7) is -0.562. The molecular weight excluding hydrogens is 360 g/mol. The number of alkyl halides is 1. The smallest absolute Gasteiger partial charge is 0.330 e. The molecule has 0 bridgehead atoms. The number of nitrogens with one attached hydrogen (secondary N) is 1. The summed E-state index contributed by atoms with van der Waals surface area (Å²) < 4.78 is 19.9. The van der Waals surface area contributed by atoms with Gasteiger partial charge in [0, 0.05) is 6.20 Å². The molecule has 0 amide bonds. The third kappa shape index (κ3) is 2.22. The predicted octanol–water partition coefficient (Wildman–Crippen LogP) is -1.27. The molecule has 0 unspecified atom stereocenters. The van der Waals surface area contributed by atoms with Gasteiger partial charge in [0.05, 0.1) is 10.2 Å². The topological polar surface area (TPSA) is 105 Å². The van der Waals surface area contributed by atoms with E-state index in [-0.39, 0.29) is 3.57 Å². The van der Waals surface area contributed by atoms with Crippen molar-refractivity contribution in [2.45, 2.75) is 24.6 Å². The van der Waals surface area contributed by atoms with Gasteiger partial charge >= 0.3 is 5.69 Å². The number of aliphatic hydroxyl groups is 2. The molecule has 2 rings (SSSR count). The average Bonchev–Trinajstić information content (AvgIpc) is 2.61. The second kappa shape index (κ2) is 5.07. The van der Waals surface area contributed by atoms with E-state index >= 15 is 0 Å². The van der Waals surface area contributed by atoms with E-state index in [1.54, 1.807) is 22.6 Å². The average molecular weight is 370 g/mol. The van der Waals surface area contributed by atoms with Crippen molar-refractivity contribution in [3.05, 3.63) is 30.6 Å². The Morgan fingerprint density at radius 1 is 1.56 bits per heavy atom. The van der Waals surface area contributed by atoms with Gasteiger partial charge in [0.25, 0.3) is 5.56 Å². The quantitative estimate of drug-likeness (QED) is 0.564. The number of nitrogens with zero attached hydrogens (tertiary/aromatic N) is 1. The Morgan fingerprint density at radius 2 is 2.22 bits per heavy atom. The molecule has 1 saturated heterocycles. The maximum Gasteiger partial charge on any atom is 0.330 e. The SMILES string of the molecule is O=c1[nH]c(=O)n([C@@H]2O[C@H](CO)[C@@H](O)[C@H]2F)cc1[125I]. The molecule has 100 valence electrons. The van der Waals surface area contributed by atoms with Crippen molar-refractivity contribution in [2.24, 2.45) is 0 Å². The molecule has 1 aromatic heterocycles. The van der Waals surface area contributed by atoms with E-state index in [1.165, 1.54) is 0 Å². The highest BCUT2D eigenvalue weighted by molar-refractivity contribution is 14.1. The van der Waals surface area contributed by atoms with Gasteiger partial charge < -0.3 is 14.9 Å². The molecule has 18 heavy (non-hydrogen) atoms. The van der Waals surface area contributed by atoms with Crippen LogP contribution in [0.15, 0.2) is 15.8 Å². The van der Waals surface area contributed by atoms with Gasteiger partial charge in [0.2, 0.25) is 0 Å². The number of aliphatic hydroxyl groups excluding tert-OH is 2.